The van der Waals surface area contributed by atoms with Crippen LogP contribution in [0.3, 0.4) is 0 Å². The molecule has 0 aromatic carbocycles. The molecular formula is C16H32N2O. The average molecular weight is 268 g/mol. The number of nitrogens with zero attached hydrogens (tertiary/aromatic N) is 2. The quantitative estimate of drug-likeness (QED) is 0.768. The van der Waals surface area contributed by atoms with Crippen LogP contribution in [0.5, 0.6) is 0 Å². The third-order valence-corrected chi connectivity index (χ3v) is 4.72. The number of carbonyl (C=O) groups excluding carboxylic acids is 1. The van der Waals surface area contributed by atoms with Gasteiger partial charge in [-0.1, -0.05) is 20.8 Å². The van der Waals surface area contributed by atoms with E-state index in [1.807, 2.05) is 13.8 Å². The van der Waals surface area contributed by atoms with E-state index in [2.05, 4.69) is 30.6 Å². The van der Waals surface area contributed by atoms with Crippen molar-refractivity contribution >= 4 is 5.91 Å². The van der Waals surface area contributed by atoms with E-state index in [-0.39, 0.29) is 0 Å². The topological polar surface area (TPSA) is 23.6 Å². The minimum atomic E-state index is 0.341. The Hall–Kier alpha value is -0.570. The van der Waals surface area contributed by atoms with Gasteiger partial charge >= 0.3 is 0 Å². The Morgan fingerprint density at radius 2 is 1.63 bits per heavy atom. The molecule has 0 N–H and O–H groups in total. The number of likely N-dealkylation sites (tertiary alicyclic amines) is 2. The van der Waals surface area contributed by atoms with E-state index in [1.165, 1.54) is 32.4 Å². The summed E-state index contributed by atoms with van der Waals surface area (Å²) in [5, 5.41) is 0. The molecule has 0 saturated carbocycles. The Morgan fingerprint density at radius 1 is 1.11 bits per heavy atom. The first-order chi connectivity index (χ1) is 9.06. The van der Waals surface area contributed by atoms with Gasteiger partial charge in [-0.3, -0.25) is 4.79 Å². The SMILES string of the molecule is CC.CCN1CCC2(CC1)CCN(C(C)C)C(=O)C2. The van der Waals surface area contributed by atoms with Gasteiger partial charge in [0.25, 0.3) is 0 Å². The van der Waals surface area contributed by atoms with Crippen molar-refractivity contribution < 1.29 is 4.79 Å². The Kier molecular flexibility index (Phi) is 6.31. The van der Waals surface area contributed by atoms with Gasteiger partial charge in [-0.15, -0.1) is 0 Å². The van der Waals surface area contributed by atoms with Crippen molar-refractivity contribution in [2.45, 2.75) is 66.3 Å². The van der Waals surface area contributed by atoms with E-state index in [0.717, 1.165) is 19.5 Å². The molecule has 0 atom stereocenters. The van der Waals surface area contributed by atoms with Crippen molar-refractivity contribution in [2.24, 2.45) is 5.41 Å². The molecule has 0 aromatic heterocycles. The fourth-order valence-corrected chi connectivity index (χ4v) is 3.31. The first kappa shape index (κ1) is 16.5. The summed E-state index contributed by atoms with van der Waals surface area (Å²) in [4.78, 5) is 16.7. The summed E-state index contributed by atoms with van der Waals surface area (Å²) < 4.78 is 0. The highest BCUT2D eigenvalue weighted by atomic mass is 16.2. The molecule has 2 saturated heterocycles. The van der Waals surface area contributed by atoms with Gasteiger partial charge in [-0.05, 0) is 58.2 Å². The standard InChI is InChI=1S/C14H26N2O.C2H6/c1-4-15-8-5-14(6-9-15)7-10-16(12(2)3)13(17)11-14;1-2/h12H,4-11H2,1-3H3;1-2H3. The second-order valence-corrected chi connectivity index (χ2v) is 6.04. The molecule has 0 unspecified atom stereocenters. The van der Waals surface area contributed by atoms with E-state index in [9.17, 15) is 4.79 Å². The summed E-state index contributed by atoms with van der Waals surface area (Å²) >= 11 is 0. The summed E-state index contributed by atoms with van der Waals surface area (Å²) in [7, 11) is 0. The zero-order valence-electron chi connectivity index (χ0n) is 13.5. The van der Waals surface area contributed by atoms with E-state index in [1.54, 1.807) is 0 Å². The molecule has 2 heterocycles. The van der Waals surface area contributed by atoms with Crippen LogP contribution in [-0.4, -0.2) is 47.9 Å². The molecule has 0 bridgehead atoms. The van der Waals surface area contributed by atoms with Crippen molar-refractivity contribution in [1.29, 1.82) is 0 Å². The number of piperidine rings is 2. The summed E-state index contributed by atoms with van der Waals surface area (Å²) in [6, 6.07) is 0.371. The lowest BCUT2D eigenvalue weighted by Gasteiger charge is -2.47. The van der Waals surface area contributed by atoms with E-state index < -0.39 is 0 Å². The maximum Gasteiger partial charge on any atom is 0.223 e. The zero-order valence-corrected chi connectivity index (χ0v) is 13.5. The van der Waals surface area contributed by atoms with Gasteiger partial charge in [-0.2, -0.15) is 0 Å². The molecule has 0 aromatic rings. The third-order valence-electron chi connectivity index (χ3n) is 4.72. The predicted octanol–water partition coefficient (Wildman–Crippen LogP) is 3.15. The van der Waals surface area contributed by atoms with Gasteiger partial charge in [0, 0.05) is 19.0 Å². The van der Waals surface area contributed by atoms with Gasteiger partial charge in [0.05, 0.1) is 0 Å². The Balaban J connectivity index is 0.000000861. The highest BCUT2D eigenvalue weighted by Gasteiger charge is 2.41. The summed E-state index contributed by atoms with van der Waals surface area (Å²) in [5.41, 5.74) is 0.341. The molecule has 19 heavy (non-hydrogen) atoms. The normalized spacial score (nSPS) is 23.5. The fraction of sp³-hybridized carbons (Fsp3) is 0.938. The lowest BCUT2D eigenvalue weighted by molar-refractivity contribution is -0.141. The van der Waals surface area contributed by atoms with Crippen LogP contribution in [0, 0.1) is 5.41 Å². The van der Waals surface area contributed by atoms with Crippen LogP contribution in [0.15, 0.2) is 0 Å². The Bertz CT molecular complexity index is 280. The van der Waals surface area contributed by atoms with Crippen molar-refractivity contribution in [3.05, 3.63) is 0 Å². The molecule has 112 valence electrons. The molecule has 3 nitrogen and oxygen atoms in total. The molecule has 2 rings (SSSR count). The van der Waals surface area contributed by atoms with Crippen LogP contribution < -0.4 is 0 Å². The largest absolute Gasteiger partial charge is 0.340 e. The van der Waals surface area contributed by atoms with Gasteiger partial charge in [0.1, 0.15) is 0 Å². The number of rotatable bonds is 2. The molecular weight excluding hydrogens is 236 g/mol. The van der Waals surface area contributed by atoms with Crippen molar-refractivity contribution in [2.75, 3.05) is 26.2 Å². The first-order valence-electron chi connectivity index (χ1n) is 8.08. The average Bonchev–Trinajstić information content (AvgIpc) is 2.41. The molecule has 1 amide bonds. The molecule has 2 fully saturated rings. The van der Waals surface area contributed by atoms with Gasteiger partial charge in [0.15, 0.2) is 0 Å². The van der Waals surface area contributed by atoms with Gasteiger partial charge < -0.3 is 9.80 Å². The van der Waals surface area contributed by atoms with Crippen LogP contribution in [0.4, 0.5) is 0 Å². The van der Waals surface area contributed by atoms with Crippen molar-refractivity contribution in [3.8, 4) is 0 Å². The monoisotopic (exact) mass is 268 g/mol. The van der Waals surface area contributed by atoms with E-state index >= 15 is 0 Å². The maximum atomic E-state index is 12.2. The van der Waals surface area contributed by atoms with Crippen LogP contribution >= 0.6 is 0 Å². The van der Waals surface area contributed by atoms with Crippen LogP contribution in [-0.2, 0) is 4.79 Å². The Labute approximate surface area is 119 Å². The molecule has 0 radical (unpaired) electrons. The highest BCUT2D eigenvalue weighted by molar-refractivity contribution is 5.78. The van der Waals surface area contributed by atoms with Crippen molar-refractivity contribution in [1.82, 2.24) is 9.80 Å². The summed E-state index contributed by atoms with van der Waals surface area (Å²) in [6.07, 6.45) is 4.45. The lowest BCUT2D eigenvalue weighted by atomic mass is 9.71. The Morgan fingerprint density at radius 3 is 2.05 bits per heavy atom. The molecule has 0 aliphatic carbocycles. The fourth-order valence-electron chi connectivity index (χ4n) is 3.31. The second-order valence-electron chi connectivity index (χ2n) is 6.04. The van der Waals surface area contributed by atoms with Crippen molar-refractivity contribution in [3.63, 3.8) is 0 Å². The van der Waals surface area contributed by atoms with E-state index in [0.29, 0.717) is 17.4 Å². The van der Waals surface area contributed by atoms with E-state index in [4.69, 9.17) is 0 Å². The highest BCUT2D eigenvalue weighted by Crippen LogP contribution is 2.41. The summed E-state index contributed by atoms with van der Waals surface area (Å²) in [6.45, 7) is 15.0. The predicted molar refractivity (Wildman–Crippen MR) is 81.2 cm³/mol. The molecule has 3 heteroatoms. The lowest BCUT2D eigenvalue weighted by Crippen LogP contribution is -2.50. The number of hydrogen-bond acceptors (Lipinski definition) is 2. The molecule has 1 spiro atoms. The minimum absolute atomic E-state index is 0.341. The minimum Gasteiger partial charge on any atom is -0.340 e. The molecule has 2 aliphatic heterocycles. The number of amides is 1. The van der Waals surface area contributed by atoms with Crippen LogP contribution in [0.1, 0.15) is 60.3 Å². The van der Waals surface area contributed by atoms with Crippen LogP contribution in [0.25, 0.3) is 0 Å². The number of carbonyl (C=O) groups is 1. The molecule has 2 aliphatic rings. The summed E-state index contributed by atoms with van der Waals surface area (Å²) in [5.74, 6) is 0.385. The van der Waals surface area contributed by atoms with Gasteiger partial charge in [-0.25, -0.2) is 0 Å². The third kappa shape index (κ3) is 3.95. The van der Waals surface area contributed by atoms with Gasteiger partial charge in [0.2, 0.25) is 5.91 Å². The number of hydrogen-bond donors (Lipinski definition) is 0. The zero-order chi connectivity index (χ0) is 14.5. The smallest absolute Gasteiger partial charge is 0.223 e. The second kappa shape index (κ2) is 7.28. The maximum absolute atomic E-state index is 12.2. The first-order valence-corrected chi connectivity index (χ1v) is 8.08. The van der Waals surface area contributed by atoms with Crippen LogP contribution in [0.2, 0.25) is 0 Å².